The van der Waals surface area contributed by atoms with Crippen LogP contribution in [-0.4, -0.2) is 14.6 Å². The van der Waals surface area contributed by atoms with Gasteiger partial charge in [-0.15, -0.1) is 0 Å². The van der Waals surface area contributed by atoms with Crippen LogP contribution in [0.3, 0.4) is 0 Å². The Bertz CT molecular complexity index is 205. The van der Waals surface area contributed by atoms with Crippen molar-refractivity contribution in [2.24, 2.45) is 0 Å². The molecule has 1 atom stereocenters. The van der Waals surface area contributed by atoms with E-state index in [1.165, 1.54) is 19.4 Å². The SMILES string of the molecule is [CH2]C(CC)(CC)SSC([CH]O)(CCC)CCCC. The third-order valence-corrected chi connectivity index (χ3v) is 7.70. The minimum absolute atomic E-state index is 0.0806. The molecule has 1 unspecified atom stereocenters. The molecule has 0 rings (SSSR count). The van der Waals surface area contributed by atoms with Gasteiger partial charge in [0.15, 0.2) is 0 Å². The van der Waals surface area contributed by atoms with Gasteiger partial charge in [0.25, 0.3) is 0 Å². The summed E-state index contributed by atoms with van der Waals surface area (Å²) in [5.41, 5.74) is 0. The van der Waals surface area contributed by atoms with E-state index < -0.39 is 0 Å². The molecule has 0 aliphatic carbocycles. The van der Waals surface area contributed by atoms with Crippen molar-refractivity contribution < 1.29 is 5.11 Å². The number of aliphatic hydroxyl groups excluding tert-OH is 1. The molecule has 0 saturated heterocycles. The predicted molar refractivity (Wildman–Crippen MR) is 87.3 cm³/mol. The summed E-state index contributed by atoms with van der Waals surface area (Å²) in [6.07, 6.45) is 7.72. The molecule has 18 heavy (non-hydrogen) atoms. The molecule has 1 nitrogen and oxygen atoms in total. The molecule has 0 aromatic rings. The molecule has 0 amide bonds. The van der Waals surface area contributed by atoms with Gasteiger partial charge in [-0.05, 0) is 32.6 Å². The molecule has 0 aromatic carbocycles. The molecule has 0 aliphatic heterocycles. The quantitative estimate of drug-likeness (QED) is 0.469. The van der Waals surface area contributed by atoms with Crippen LogP contribution in [0.25, 0.3) is 0 Å². The third kappa shape index (κ3) is 6.21. The molecular weight excluding hydrogens is 260 g/mol. The van der Waals surface area contributed by atoms with E-state index in [0.29, 0.717) is 0 Å². The number of rotatable bonds is 11. The minimum atomic E-state index is -0.0806. The Hall–Kier alpha value is 0.660. The maximum atomic E-state index is 9.70. The number of aliphatic hydroxyl groups is 1. The summed E-state index contributed by atoms with van der Waals surface area (Å²) in [4.78, 5) is 0. The summed E-state index contributed by atoms with van der Waals surface area (Å²) in [7, 11) is 3.70. The van der Waals surface area contributed by atoms with Crippen LogP contribution in [0.15, 0.2) is 0 Å². The number of hydrogen-bond acceptors (Lipinski definition) is 3. The van der Waals surface area contributed by atoms with Crippen LogP contribution in [0, 0.1) is 13.5 Å². The topological polar surface area (TPSA) is 20.2 Å². The Morgan fingerprint density at radius 2 is 1.61 bits per heavy atom. The molecule has 0 heterocycles. The van der Waals surface area contributed by atoms with Gasteiger partial charge < -0.3 is 5.11 Å². The van der Waals surface area contributed by atoms with Crippen molar-refractivity contribution in [3.63, 3.8) is 0 Å². The average Bonchev–Trinajstić information content (AvgIpc) is 2.41. The fourth-order valence-electron chi connectivity index (χ4n) is 1.80. The van der Waals surface area contributed by atoms with Crippen LogP contribution in [0.5, 0.6) is 0 Å². The normalized spacial score (nSPS) is 15.7. The average molecular weight is 291 g/mol. The summed E-state index contributed by atoms with van der Waals surface area (Å²) in [6.45, 7) is 14.6. The van der Waals surface area contributed by atoms with Crippen molar-refractivity contribution in [2.45, 2.75) is 82.1 Å². The molecule has 0 saturated carbocycles. The van der Waals surface area contributed by atoms with Crippen LogP contribution in [0.2, 0.25) is 0 Å². The number of hydrogen-bond donors (Lipinski definition) is 1. The molecule has 0 aromatic heterocycles. The molecule has 0 bridgehead atoms. The molecule has 0 aliphatic rings. The van der Waals surface area contributed by atoms with E-state index in [1.54, 1.807) is 0 Å². The maximum Gasteiger partial charge on any atom is 0.0967 e. The van der Waals surface area contributed by atoms with Gasteiger partial charge in [-0.25, -0.2) is 0 Å². The predicted octanol–water partition coefficient (Wildman–Crippen LogP) is 6.02. The molecule has 2 radical (unpaired) electrons. The van der Waals surface area contributed by atoms with Crippen LogP contribution in [0.1, 0.15) is 72.6 Å². The highest BCUT2D eigenvalue weighted by molar-refractivity contribution is 8.77. The maximum absolute atomic E-state index is 9.70. The fraction of sp³-hybridized carbons (Fsp3) is 0.867. The molecule has 3 heteroatoms. The standard InChI is InChI=1S/C15H30OS2/c1-6-10-12-15(13-16,11-7-2)18-17-14(5,8-3)9-4/h13,16H,5-12H2,1-4H3. The summed E-state index contributed by atoms with van der Waals surface area (Å²) < 4.78 is 0.00158. The lowest BCUT2D eigenvalue weighted by molar-refractivity contribution is 0.312. The van der Waals surface area contributed by atoms with Crippen molar-refractivity contribution in [1.82, 2.24) is 0 Å². The van der Waals surface area contributed by atoms with Gasteiger partial charge in [0, 0.05) is 4.75 Å². The monoisotopic (exact) mass is 290 g/mol. The van der Waals surface area contributed by atoms with E-state index in [-0.39, 0.29) is 9.49 Å². The van der Waals surface area contributed by atoms with E-state index in [9.17, 15) is 5.11 Å². The lowest BCUT2D eigenvalue weighted by atomic mass is 9.97. The summed E-state index contributed by atoms with van der Waals surface area (Å²) in [5.74, 6) is 0. The van der Waals surface area contributed by atoms with Gasteiger partial charge in [-0.3, -0.25) is 0 Å². The molecule has 0 fully saturated rings. The third-order valence-electron chi connectivity index (χ3n) is 3.54. The Morgan fingerprint density at radius 1 is 1.00 bits per heavy atom. The largest absolute Gasteiger partial charge is 0.389 e. The second-order valence-corrected chi connectivity index (χ2v) is 8.12. The summed E-state index contributed by atoms with van der Waals surface area (Å²) in [5, 5.41) is 9.70. The van der Waals surface area contributed by atoms with Gasteiger partial charge >= 0.3 is 0 Å². The van der Waals surface area contributed by atoms with Gasteiger partial charge in [0.2, 0.25) is 0 Å². The highest BCUT2D eigenvalue weighted by atomic mass is 33.1. The van der Waals surface area contributed by atoms with Gasteiger partial charge in [-0.2, -0.15) is 0 Å². The van der Waals surface area contributed by atoms with Crippen molar-refractivity contribution in [1.29, 1.82) is 0 Å². The van der Waals surface area contributed by atoms with E-state index in [4.69, 9.17) is 0 Å². The highest BCUT2D eigenvalue weighted by Crippen LogP contribution is 2.51. The first kappa shape index (κ1) is 18.7. The first-order chi connectivity index (χ1) is 8.51. The van der Waals surface area contributed by atoms with E-state index in [2.05, 4.69) is 34.6 Å². The zero-order valence-corrected chi connectivity index (χ0v) is 14.1. The first-order valence-electron chi connectivity index (χ1n) is 7.22. The van der Waals surface area contributed by atoms with E-state index >= 15 is 0 Å². The van der Waals surface area contributed by atoms with Crippen LogP contribution in [0.4, 0.5) is 0 Å². The van der Waals surface area contributed by atoms with Crippen LogP contribution >= 0.6 is 21.6 Å². The van der Waals surface area contributed by atoms with E-state index in [0.717, 1.165) is 32.1 Å². The lowest BCUT2D eigenvalue weighted by Crippen LogP contribution is -2.26. The second kappa shape index (κ2) is 9.55. The van der Waals surface area contributed by atoms with Crippen molar-refractivity contribution in [3.05, 3.63) is 13.5 Å². The first-order valence-corrected chi connectivity index (χ1v) is 9.37. The minimum Gasteiger partial charge on any atom is -0.389 e. The molecule has 108 valence electrons. The Balaban J connectivity index is 4.56. The van der Waals surface area contributed by atoms with Crippen molar-refractivity contribution >= 4 is 21.6 Å². The second-order valence-electron chi connectivity index (χ2n) is 5.10. The van der Waals surface area contributed by atoms with Gasteiger partial charge in [0.1, 0.15) is 0 Å². The lowest BCUT2D eigenvalue weighted by Gasteiger charge is -2.34. The number of unbranched alkanes of at least 4 members (excludes halogenated alkanes) is 1. The smallest absolute Gasteiger partial charge is 0.0967 e. The Labute approximate surface area is 122 Å². The Morgan fingerprint density at radius 3 is 2.00 bits per heavy atom. The molecule has 1 N–H and O–H groups in total. The fourth-order valence-corrected chi connectivity index (χ4v) is 5.30. The Kier molecular flexibility index (Phi) is 9.90. The molecular formula is C15H30OS2. The van der Waals surface area contributed by atoms with Gasteiger partial charge in [0.05, 0.1) is 11.4 Å². The molecule has 0 spiro atoms. The summed E-state index contributed by atoms with van der Waals surface area (Å²) >= 11 is 0. The highest BCUT2D eigenvalue weighted by Gasteiger charge is 2.33. The summed E-state index contributed by atoms with van der Waals surface area (Å²) in [6, 6.07) is 0. The van der Waals surface area contributed by atoms with E-state index in [1.807, 2.05) is 21.6 Å². The zero-order valence-electron chi connectivity index (χ0n) is 12.5. The van der Waals surface area contributed by atoms with Crippen molar-refractivity contribution in [3.8, 4) is 0 Å². The zero-order chi connectivity index (χ0) is 14.1. The van der Waals surface area contributed by atoms with Crippen LogP contribution < -0.4 is 0 Å². The van der Waals surface area contributed by atoms with Gasteiger partial charge in [-0.1, -0.05) is 68.5 Å². The van der Waals surface area contributed by atoms with Crippen LogP contribution in [-0.2, 0) is 0 Å². The van der Waals surface area contributed by atoms with Crippen molar-refractivity contribution in [2.75, 3.05) is 0 Å².